The van der Waals surface area contributed by atoms with Crippen LogP contribution in [0, 0.1) is 111 Å². The predicted molar refractivity (Wildman–Crippen MR) is 171 cm³/mol. The molecule has 0 bridgehead atoms. The molecule has 0 radical (unpaired) electrons. The molecule has 22 heteroatoms. The molecule has 320 valence electrons. The molecule has 4 aromatic carbocycles. The summed E-state index contributed by atoms with van der Waals surface area (Å²) in [5, 5.41) is 9.29. The van der Waals surface area contributed by atoms with Gasteiger partial charge in [0.1, 0.15) is 52.7 Å². The summed E-state index contributed by atoms with van der Waals surface area (Å²) in [6.45, 7) is 11.1. The molecular weight excluding hydrogens is 834 g/mol. The minimum absolute atomic E-state index is 1.35. The van der Waals surface area contributed by atoms with Gasteiger partial charge in [0.05, 0.1) is 19.6 Å². The predicted octanol–water partition coefficient (Wildman–Crippen LogP) is 7.68. The Morgan fingerprint density at radius 2 is 0.483 bits per heavy atom. The standard InChI is InChI=1S/C24HBF19O.C12H27N/c26-5-1(6(27)14(35)19(40)13(5)34)25(2-7(28)15(36)20(41)16(37)8(2)29,3-9(30)17(38)21(42)18(39)10(3)31)4-11(32)22(43)24(45)23(44)12(4)33;1-4-7-10-13(11-8-5-2)12-9-6-3/h45H;4-12H2,1-3H3/q-1;/p+1. The van der Waals surface area contributed by atoms with Crippen molar-refractivity contribution in [2.75, 3.05) is 19.6 Å². The third kappa shape index (κ3) is 8.04. The van der Waals surface area contributed by atoms with E-state index in [1.807, 2.05) is 4.90 Å². The van der Waals surface area contributed by atoms with Crippen LogP contribution in [0.5, 0.6) is 5.75 Å². The van der Waals surface area contributed by atoms with E-state index in [0.29, 0.717) is 0 Å². The van der Waals surface area contributed by atoms with Crippen molar-refractivity contribution in [3.05, 3.63) is 111 Å². The summed E-state index contributed by atoms with van der Waals surface area (Å²) in [5.41, 5.74) is -14.1. The molecule has 0 aliphatic carbocycles. The molecule has 0 saturated heterocycles. The highest BCUT2D eigenvalue weighted by atomic mass is 19.2. The number of rotatable bonds is 13. The molecule has 0 fully saturated rings. The fourth-order valence-electron chi connectivity index (χ4n) is 6.54. The Morgan fingerprint density at radius 1 is 0.310 bits per heavy atom. The van der Waals surface area contributed by atoms with E-state index in [1.54, 1.807) is 0 Å². The third-order valence-corrected chi connectivity index (χ3v) is 9.39. The lowest BCUT2D eigenvalue weighted by molar-refractivity contribution is -0.900. The molecule has 0 spiro atoms. The molecule has 0 aromatic heterocycles. The van der Waals surface area contributed by atoms with Crippen LogP contribution < -0.4 is 26.8 Å². The van der Waals surface area contributed by atoms with Gasteiger partial charge in [-0.3, -0.25) is 0 Å². The molecule has 0 aliphatic rings. The molecule has 0 heterocycles. The van der Waals surface area contributed by atoms with Gasteiger partial charge in [-0.15, -0.1) is 21.9 Å². The van der Waals surface area contributed by atoms with E-state index < -0.39 is 144 Å². The number of nitrogens with one attached hydrogen (secondary N) is 1. The molecular formula is C36H29BF19NO. The first-order chi connectivity index (χ1) is 27.0. The van der Waals surface area contributed by atoms with Gasteiger partial charge < -0.3 is 10.0 Å². The van der Waals surface area contributed by atoms with E-state index in [4.69, 9.17) is 0 Å². The Bertz CT molecular complexity index is 1780. The van der Waals surface area contributed by atoms with Gasteiger partial charge in [-0.25, -0.2) is 74.6 Å². The Balaban J connectivity index is 0.000000594. The lowest BCUT2D eigenvalue weighted by Crippen LogP contribution is -3.12. The Labute approximate surface area is 316 Å². The Kier molecular flexibility index (Phi) is 15.6. The molecule has 4 aromatic rings. The number of aromatic hydroxyl groups is 1. The lowest BCUT2D eigenvalue weighted by atomic mass is 9.12. The molecule has 58 heavy (non-hydrogen) atoms. The second-order valence-corrected chi connectivity index (χ2v) is 12.9. The number of unbranched alkanes of at least 4 members (excludes halogenated alkanes) is 3. The topological polar surface area (TPSA) is 24.7 Å². The van der Waals surface area contributed by atoms with E-state index in [-0.39, 0.29) is 0 Å². The average molecular weight is 863 g/mol. The minimum Gasteiger partial charge on any atom is -0.503 e. The molecule has 0 amide bonds. The number of benzene rings is 4. The molecule has 2 nitrogen and oxygen atoms in total. The molecule has 2 N–H and O–H groups in total. The van der Waals surface area contributed by atoms with Gasteiger partial charge in [0.25, 0.3) is 0 Å². The van der Waals surface area contributed by atoms with Crippen LogP contribution in [0.4, 0.5) is 83.4 Å². The fourth-order valence-corrected chi connectivity index (χ4v) is 6.54. The number of halogens is 19. The quantitative estimate of drug-likeness (QED) is 0.0614. The largest absolute Gasteiger partial charge is 0.503 e. The van der Waals surface area contributed by atoms with Crippen LogP contribution in [0.1, 0.15) is 59.3 Å². The number of hydrogen-bond donors (Lipinski definition) is 2. The van der Waals surface area contributed by atoms with Crippen molar-refractivity contribution >= 4 is 28.0 Å². The summed E-state index contributed by atoms with van der Waals surface area (Å²) in [6, 6.07) is 0. The number of hydrogen-bond acceptors (Lipinski definition) is 1. The Morgan fingerprint density at radius 3 is 0.672 bits per heavy atom. The third-order valence-electron chi connectivity index (χ3n) is 9.39. The highest BCUT2D eigenvalue weighted by Crippen LogP contribution is 2.32. The second kappa shape index (κ2) is 19.0. The van der Waals surface area contributed by atoms with E-state index in [0.717, 1.165) is 0 Å². The maximum absolute atomic E-state index is 15.4. The van der Waals surface area contributed by atoms with Gasteiger partial charge >= 0.3 is 0 Å². The first kappa shape index (κ1) is 47.7. The van der Waals surface area contributed by atoms with Gasteiger partial charge in [0.15, 0.2) is 69.7 Å². The highest BCUT2D eigenvalue weighted by Gasteiger charge is 2.52. The van der Waals surface area contributed by atoms with E-state index >= 15 is 35.1 Å². The van der Waals surface area contributed by atoms with Gasteiger partial charge in [-0.1, -0.05) is 40.0 Å². The summed E-state index contributed by atoms with van der Waals surface area (Å²) >= 11 is 0. The monoisotopic (exact) mass is 863 g/mol. The van der Waals surface area contributed by atoms with Gasteiger partial charge in [0.2, 0.25) is 0 Å². The van der Waals surface area contributed by atoms with Crippen LogP contribution in [0.15, 0.2) is 0 Å². The average Bonchev–Trinajstić information content (AvgIpc) is 3.20. The normalized spacial score (nSPS) is 11.8. The molecule has 0 unspecified atom stereocenters. The Hall–Kier alpha value is -4.63. The van der Waals surface area contributed by atoms with Crippen molar-refractivity contribution in [3.8, 4) is 5.75 Å². The first-order valence-electron chi connectivity index (χ1n) is 17.2. The fraction of sp³-hybridized carbons (Fsp3) is 0.333. The zero-order valence-electron chi connectivity index (χ0n) is 30.1. The van der Waals surface area contributed by atoms with Crippen molar-refractivity contribution in [1.82, 2.24) is 0 Å². The van der Waals surface area contributed by atoms with Gasteiger partial charge in [-0.2, -0.15) is 8.78 Å². The minimum atomic E-state index is -7.16. The van der Waals surface area contributed by atoms with Crippen LogP contribution in [0.3, 0.4) is 0 Å². The smallest absolute Gasteiger partial charge is 0.200 e. The van der Waals surface area contributed by atoms with Gasteiger partial charge in [0, 0.05) is 0 Å². The van der Waals surface area contributed by atoms with Gasteiger partial charge in [-0.05, 0) is 19.3 Å². The van der Waals surface area contributed by atoms with Crippen LogP contribution >= 0.6 is 0 Å². The number of quaternary nitrogens is 1. The summed E-state index contributed by atoms with van der Waals surface area (Å²) in [5.74, 6) is -69.8. The van der Waals surface area contributed by atoms with Crippen LogP contribution in [0.25, 0.3) is 0 Å². The van der Waals surface area contributed by atoms with Crippen LogP contribution in [-0.2, 0) is 0 Å². The van der Waals surface area contributed by atoms with Crippen molar-refractivity contribution < 1.29 is 93.4 Å². The first-order valence-corrected chi connectivity index (χ1v) is 17.2. The van der Waals surface area contributed by atoms with E-state index in [2.05, 4.69) is 20.8 Å². The summed E-state index contributed by atoms with van der Waals surface area (Å²) < 4.78 is 281. The van der Waals surface area contributed by atoms with E-state index in [1.165, 1.54) is 58.2 Å². The van der Waals surface area contributed by atoms with Crippen LogP contribution in [-0.4, -0.2) is 30.9 Å². The van der Waals surface area contributed by atoms with E-state index in [9.17, 15) is 53.4 Å². The maximum Gasteiger partial charge on any atom is 0.200 e. The highest BCUT2D eigenvalue weighted by molar-refractivity contribution is 7.20. The molecule has 4 rings (SSSR count). The number of phenols is 1. The molecule has 0 saturated carbocycles. The van der Waals surface area contributed by atoms with Crippen LogP contribution in [0.2, 0.25) is 0 Å². The van der Waals surface area contributed by atoms with Crippen molar-refractivity contribution in [2.24, 2.45) is 0 Å². The lowest BCUT2D eigenvalue weighted by Gasteiger charge is -2.44. The zero-order chi connectivity index (χ0) is 44.3. The maximum atomic E-state index is 15.4. The SMILES string of the molecule is CCCC[NH+](CCCC)CCCC.Oc1c(F)c(F)c([B-](c2c(F)c(F)c(F)c(F)c2F)(c2c(F)c(F)c(F)c(F)c2F)c2c(F)c(F)c(F)c(F)c2F)c(F)c1F. The second-order valence-electron chi connectivity index (χ2n) is 12.9. The molecule has 0 aliphatic heterocycles. The summed E-state index contributed by atoms with van der Waals surface area (Å²) in [4.78, 5) is 1.84. The summed E-state index contributed by atoms with van der Waals surface area (Å²) in [6.07, 6.45) is 1.10. The molecule has 0 atom stereocenters. The summed E-state index contributed by atoms with van der Waals surface area (Å²) in [7, 11) is 0. The van der Waals surface area contributed by atoms with Crippen molar-refractivity contribution in [3.63, 3.8) is 0 Å². The zero-order valence-corrected chi connectivity index (χ0v) is 30.1. The van der Waals surface area contributed by atoms with Crippen molar-refractivity contribution in [2.45, 2.75) is 59.3 Å². The number of phenolic OH excluding ortho intramolecular Hbond substituents is 1. The van der Waals surface area contributed by atoms with Crippen molar-refractivity contribution in [1.29, 1.82) is 0 Å².